The number of benzene rings is 1. The molecule has 1 aromatic rings. The van der Waals surface area contributed by atoms with E-state index in [4.69, 9.17) is 9.47 Å². The largest absolute Gasteiger partial charge is 0.492 e. The van der Waals surface area contributed by atoms with E-state index in [0.29, 0.717) is 19.7 Å². The lowest BCUT2D eigenvalue weighted by Crippen LogP contribution is -2.53. The molecule has 2 fully saturated rings. The van der Waals surface area contributed by atoms with E-state index in [1.807, 2.05) is 37.3 Å². The van der Waals surface area contributed by atoms with Gasteiger partial charge in [0, 0.05) is 33.0 Å². The average molecular weight is 361 g/mol. The fraction of sp³-hybridized carbons (Fsp3) is 0.579. The molecule has 3 rings (SSSR count). The van der Waals surface area contributed by atoms with Crippen molar-refractivity contribution in [2.24, 2.45) is 0 Å². The van der Waals surface area contributed by atoms with E-state index >= 15 is 0 Å². The van der Waals surface area contributed by atoms with Gasteiger partial charge in [0.05, 0.1) is 19.1 Å². The second kappa shape index (κ2) is 7.95. The second-order valence-corrected chi connectivity index (χ2v) is 6.96. The third kappa shape index (κ3) is 4.09. The maximum absolute atomic E-state index is 12.2. The zero-order chi connectivity index (χ0) is 18.6. The number of likely N-dealkylation sites (N-methyl/N-ethyl adjacent to an activating group) is 1. The van der Waals surface area contributed by atoms with E-state index < -0.39 is 5.60 Å². The van der Waals surface area contributed by atoms with Gasteiger partial charge in [0.25, 0.3) is 0 Å². The average Bonchev–Trinajstić information content (AvgIpc) is 2.97. The first-order valence-corrected chi connectivity index (χ1v) is 9.14. The third-order valence-electron chi connectivity index (χ3n) is 5.30. The Balaban J connectivity index is 1.48. The lowest BCUT2D eigenvalue weighted by Gasteiger charge is -2.39. The number of piperidine rings is 1. The van der Waals surface area contributed by atoms with Crippen LogP contribution >= 0.6 is 0 Å². The quantitative estimate of drug-likeness (QED) is 0.831. The summed E-state index contributed by atoms with van der Waals surface area (Å²) in [5, 5.41) is 2.69. The number of rotatable bonds is 6. The highest BCUT2D eigenvalue weighted by Crippen LogP contribution is 2.33. The van der Waals surface area contributed by atoms with Crippen molar-refractivity contribution in [1.82, 2.24) is 15.1 Å². The minimum atomic E-state index is -0.428. The summed E-state index contributed by atoms with van der Waals surface area (Å²) >= 11 is 0. The summed E-state index contributed by atoms with van der Waals surface area (Å²) in [5.41, 5.74) is -0.428. The van der Waals surface area contributed by atoms with Crippen LogP contribution in [0.2, 0.25) is 0 Å². The van der Waals surface area contributed by atoms with Gasteiger partial charge in [0.1, 0.15) is 18.0 Å². The number of para-hydroxylation sites is 1. The highest BCUT2D eigenvalue weighted by Gasteiger charge is 2.47. The van der Waals surface area contributed by atoms with Crippen molar-refractivity contribution in [3.8, 4) is 5.75 Å². The van der Waals surface area contributed by atoms with Gasteiger partial charge < -0.3 is 19.7 Å². The van der Waals surface area contributed by atoms with Crippen LogP contribution in [0.5, 0.6) is 5.75 Å². The third-order valence-corrected chi connectivity index (χ3v) is 5.30. The predicted octanol–water partition coefficient (Wildman–Crippen LogP) is 1.49. The molecule has 1 N–H and O–H groups in total. The number of amides is 2. The number of carbonyl (C=O) groups excluding carboxylic acids is 2. The molecule has 0 radical (unpaired) electrons. The second-order valence-electron chi connectivity index (χ2n) is 6.96. The Hall–Kier alpha value is -2.28. The first-order valence-electron chi connectivity index (χ1n) is 9.14. The van der Waals surface area contributed by atoms with Crippen LogP contribution in [0.25, 0.3) is 0 Å². The van der Waals surface area contributed by atoms with Crippen LogP contribution < -0.4 is 10.1 Å². The maximum Gasteiger partial charge on any atom is 0.410 e. The summed E-state index contributed by atoms with van der Waals surface area (Å²) in [6.45, 7) is 4.94. The van der Waals surface area contributed by atoms with Gasteiger partial charge in [0.15, 0.2) is 0 Å². The van der Waals surface area contributed by atoms with Crippen LogP contribution in [0.15, 0.2) is 30.3 Å². The summed E-state index contributed by atoms with van der Waals surface area (Å²) in [6.07, 6.45) is 1.22. The fourth-order valence-corrected chi connectivity index (χ4v) is 3.61. The van der Waals surface area contributed by atoms with Crippen molar-refractivity contribution in [2.75, 3.05) is 39.8 Å². The standard InChI is InChI=1S/C19H27N3O4/c1-15(17(23)20-2)21-10-8-19(9-11-21)14-22(18(24)26-19)12-13-25-16-6-4-3-5-7-16/h3-7,15H,8-14H2,1-2H3,(H,20,23). The minimum absolute atomic E-state index is 0.0176. The Labute approximate surface area is 154 Å². The number of hydrogen-bond donors (Lipinski definition) is 1. The molecule has 142 valence electrons. The number of nitrogens with one attached hydrogen (secondary N) is 1. The van der Waals surface area contributed by atoms with Gasteiger partial charge in [-0.25, -0.2) is 4.79 Å². The van der Waals surface area contributed by atoms with Gasteiger partial charge >= 0.3 is 6.09 Å². The topological polar surface area (TPSA) is 71.1 Å². The molecule has 0 aliphatic carbocycles. The predicted molar refractivity (Wildman–Crippen MR) is 97.1 cm³/mol. The molecule has 2 amide bonds. The van der Waals surface area contributed by atoms with Gasteiger partial charge in [-0.05, 0) is 19.1 Å². The molecule has 7 heteroatoms. The molecule has 2 saturated heterocycles. The molecule has 2 aliphatic heterocycles. The molecular weight excluding hydrogens is 334 g/mol. The van der Waals surface area contributed by atoms with E-state index in [9.17, 15) is 9.59 Å². The van der Waals surface area contributed by atoms with Gasteiger partial charge in [-0.15, -0.1) is 0 Å². The lowest BCUT2D eigenvalue weighted by atomic mass is 9.90. The summed E-state index contributed by atoms with van der Waals surface area (Å²) in [5.74, 6) is 0.815. The smallest absolute Gasteiger partial charge is 0.410 e. The highest BCUT2D eigenvalue weighted by atomic mass is 16.6. The SMILES string of the molecule is CNC(=O)C(C)N1CCC2(CC1)CN(CCOc1ccccc1)C(=O)O2. The van der Waals surface area contributed by atoms with Gasteiger partial charge in [-0.3, -0.25) is 9.69 Å². The Morgan fingerprint density at radius 2 is 2.00 bits per heavy atom. The molecule has 1 spiro atoms. The van der Waals surface area contributed by atoms with Crippen LogP contribution in [0, 0.1) is 0 Å². The van der Waals surface area contributed by atoms with Crippen molar-refractivity contribution in [2.45, 2.75) is 31.4 Å². The number of likely N-dealkylation sites (tertiary alicyclic amines) is 1. The zero-order valence-corrected chi connectivity index (χ0v) is 15.4. The molecule has 0 bridgehead atoms. The highest BCUT2D eigenvalue weighted by molar-refractivity contribution is 5.81. The molecule has 0 saturated carbocycles. The van der Waals surface area contributed by atoms with Crippen molar-refractivity contribution in [3.05, 3.63) is 30.3 Å². The molecular formula is C19H27N3O4. The van der Waals surface area contributed by atoms with Crippen LogP contribution in [0.1, 0.15) is 19.8 Å². The fourth-order valence-electron chi connectivity index (χ4n) is 3.61. The summed E-state index contributed by atoms with van der Waals surface area (Å²) in [4.78, 5) is 27.9. The molecule has 2 aliphatic rings. The lowest BCUT2D eigenvalue weighted by molar-refractivity contribution is -0.126. The van der Waals surface area contributed by atoms with E-state index in [2.05, 4.69) is 10.2 Å². The first-order chi connectivity index (χ1) is 12.5. The number of carbonyl (C=O) groups is 2. The molecule has 0 aromatic heterocycles. The number of nitrogens with zero attached hydrogens (tertiary/aromatic N) is 2. The molecule has 7 nitrogen and oxygen atoms in total. The van der Waals surface area contributed by atoms with E-state index in [0.717, 1.165) is 31.7 Å². The monoisotopic (exact) mass is 361 g/mol. The van der Waals surface area contributed by atoms with Gasteiger partial charge in [0.2, 0.25) is 5.91 Å². The van der Waals surface area contributed by atoms with Crippen molar-refractivity contribution < 1.29 is 19.1 Å². The summed E-state index contributed by atoms with van der Waals surface area (Å²) < 4.78 is 11.4. The van der Waals surface area contributed by atoms with Gasteiger partial charge in [-0.2, -0.15) is 0 Å². The van der Waals surface area contributed by atoms with Crippen molar-refractivity contribution in [1.29, 1.82) is 0 Å². The van der Waals surface area contributed by atoms with Crippen LogP contribution in [-0.2, 0) is 9.53 Å². The molecule has 26 heavy (non-hydrogen) atoms. The molecule has 1 atom stereocenters. The minimum Gasteiger partial charge on any atom is -0.492 e. The molecule has 2 heterocycles. The van der Waals surface area contributed by atoms with E-state index in [1.165, 1.54) is 0 Å². The Morgan fingerprint density at radius 1 is 1.31 bits per heavy atom. The zero-order valence-electron chi connectivity index (χ0n) is 15.4. The van der Waals surface area contributed by atoms with Crippen molar-refractivity contribution >= 4 is 12.0 Å². The number of ether oxygens (including phenoxy) is 2. The summed E-state index contributed by atoms with van der Waals surface area (Å²) in [7, 11) is 1.65. The van der Waals surface area contributed by atoms with Crippen LogP contribution in [-0.4, -0.2) is 73.3 Å². The number of hydrogen-bond acceptors (Lipinski definition) is 5. The van der Waals surface area contributed by atoms with Crippen LogP contribution in [0.3, 0.4) is 0 Å². The van der Waals surface area contributed by atoms with E-state index in [-0.39, 0.29) is 18.0 Å². The van der Waals surface area contributed by atoms with Crippen molar-refractivity contribution in [3.63, 3.8) is 0 Å². The van der Waals surface area contributed by atoms with Gasteiger partial charge in [-0.1, -0.05) is 18.2 Å². The maximum atomic E-state index is 12.2. The Kier molecular flexibility index (Phi) is 5.66. The molecule has 1 unspecified atom stereocenters. The van der Waals surface area contributed by atoms with E-state index in [1.54, 1.807) is 11.9 Å². The Bertz CT molecular complexity index is 629. The normalized spacial score (nSPS) is 20.7. The summed E-state index contributed by atoms with van der Waals surface area (Å²) in [6, 6.07) is 9.40. The Morgan fingerprint density at radius 3 is 2.65 bits per heavy atom. The first kappa shape index (κ1) is 18.5. The van der Waals surface area contributed by atoms with Crippen LogP contribution in [0.4, 0.5) is 4.79 Å². The molecule has 1 aromatic carbocycles.